The molecule has 0 unspecified atom stereocenters. The summed E-state index contributed by atoms with van der Waals surface area (Å²) in [6.07, 6.45) is 2.04. The minimum absolute atomic E-state index is 0.273. The van der Waals surface area contributed by atoms with Gasteiger partial charge in [0.2, 0.25) is 0 Å². The van der Waals surface area contributed by atoms with Crippen LogP contribution in [0.4, 0.5) is 10.7 Å². The number of benzene rings is 2. The Kier molecular flexibility index (Phi) is 6.28. The van der Waals surface area contributed by atoms with E-state index in [0.29, 0.717) is 28.1 Å². The third kappa shape index (κ3) is 5.02. The fraction of sp³-hybridized carbons (Fsp3) is 0.174. The van der Waals surface area contributed by atoms with Crippen molar-refractivity contribution in [2.24, 2.45) is 0 Å². The van der Waals surface area contributed by atoms with Gasteiger partial charge in [-0.3, -0.25) is 14.4 Å². The van der Waals surface area contributed by atoms with Crippen molar-refractivity contribution in [3.63, 3.8) is 0 Å². The van der Waals surface area contributed by atoms with Gasteiger partial charge in [0.15, 0.2) is 11.3 Å². The van der Waals surface area contributed by atoms with Gasteiger partial charge in [-0.1, -0.05) is 29.5 Å². The van der Waals surface area contributed by atoms with E-state index in [9.17, 15) is 19.6 Å². The first-order valence-electron chi connectivity index (χ1n) is 9.39. The Bertz CT molecular complexity index is 1210. The van der Waals surface area contributed by atoms with E-state index >= 15 is 0 Å². The number of hydrogen-bond acceptors (Lipinski definition) is 6. The molecule has 0 aliphatic rings. The monoisotopic (exact) mass is 432 g/mol. The van der Waals surface area contributed by atoms with Crippen molar-refractivity contribution in [1.82, 2.24) is 4.98 Å². The highest BCUT2D eigenvalue weighted by Crippen LogP contribution is 2.24. The fourth-order valence-corrected chi connectivity index (χ4v) is 3.47. The van der Waals surface area contributed by atoms with Gasteiger partial charge in [0.1, 0.15) is 5.00 Å². The summed E-state index contributed by atoms with van der Waals surface area (Å²) in [5.41, 5.74) is 2.02. The van der Waals surface area contributed by atoms with Crippen molar-refractivity contribution < 1.29 is 14.4 Å². The molecule has 3 rings (SSSR count). The van der Waals surface area contributed by atoms with Crippen molar-refractivity contribution in [1.29, 1.82) is 5.26 Å². The van der Waals surface area contributed by atoms with Crippen molar-refractivity contribution in [2.45, 2.75) is 26.2 Å². The van der Waals surface area contributed by atoms with Gasteiger partial charge in [-0.15, -0.1) is 0 Å². The summed E-state index contributed by atoms with van der Waals surface area (Å²) < 4.78 is 0. The van der Waals surface area contributed by atoms with E-state index in [1.54, 1.807) is 57.2 Å². The van der Waals surface area contributed by atoms with E-state index < -0.39 is 5.41 Å². The highest BCUT2D eigenvalue weighted by atomic mass is 32.1. The second-order valence-electron chi connectivity index (χ2n) is 7.44. The first-order valence-corrected chi connectivity index (χ1v) is 10.2. The number of nitriles is 1. The molecule has 0 bridgehead atoms. The zero-order valence-corrected chi connectivity index (χ0v) is 18.0. The number of amides is 2. The number of hydrogen-bond donors (Lipinski definition) is 2. The molecule has 3 aromatic rings. The van der Waals surface area contributed by atoms with Crippen molar-refractivity contribution in [3.8, 4) is 6.07 Å². The van der Waals surface area contributed by atoms with Gasteiger partial charge in [-0.25, -0.2) is 4.98 Å². The van der Waals surface area contributed by atoms with Gasteiger partial charge < -0.3 is 10.6 Å². The smallest absolute Gasteiger partial charge is 0.256 e. The van der Waals surface area contributed by atoms with Crippen LogP contribution in [0.5, 0.6) is 0 Å². The molecule has 8 heteroatoms. The third-order valence-electron chi connectivity index (χ3n) is 4.73. The lowest BCUT2D eigenvalue weighted by Gasteiger charge is -2.16. The van der Waals surface area contributed by atoms with Gasteiger partial charge in [0.05, 0.1) is 17.7 Å². The quantitative estimate of drug-likeness (QED) is 0.554. The van der Waals surface area contributed by atoms with Crippen molar-refractivity contribution >= 4 is 40.1 Å². The lowest BCUT2D eigenvalue weighted by atomic mass is 9.85. The zero-order valence-electron chi connectivity index (χ0n) is 17.2. The van der Waals surface area contributed by atoms with E-state index in [-0.39, 0.29) is 16.8 Å². The first-order chi connectivity index (χ1) is 14.7. The molecule has 0 fully saturated rings. The molecule has 0 saturated heterocycles. The number of nitrogens with zero attached hydrogens (tertiary/aromatic N) is 2. The summed E-state index contributed by atoms with van der Waals surface area (Å²) in [6.45, 7) is 5.36. The Balaban J connectivity index is 1.79. The minimum Gasteiger partial charge on any atom is -0.322 e. The molecule has 2 N–H and O–H groups in total. The van der Waals surface area contributed by atoms with Crippen LogP contribution < -0.4 is 10.6 Å². The normalized spacial score (nSPS) is 10.8. The molecular weight excluding hydrogens is 412 g/mol. The largest absolute Gasteiger partial charge is 0.322 e. The molecule has 0 aliphatic heterocycles. The van der Waals surface area contributed by atoms with Crippen molar-refractivity contribution in [3.05, 3.63) is 75.9 Å². The Labute approximate surface area is 183 Å². The molecule has 7 nitrogen and oxygen atoms in total. The number of nitrogens with one attached hydrogen (secondary N) is 2. The maximum absolute atomic E-state index is 12.7. The van der Waals surface area contributed by atoms with Crippen LogP contribution in [0.1, 0.15) is 55.5 Å². The average molecular weight is 433 g/mol. The molecule has 0 radical (unpaired) electrons. The third-order valence-corrected chi connectivity index (χ3v) is 5.57. The molecule has 0 atom stereocenters. The number of carbonyl (C=O) groups excluding carboxylic acids is 3. The van der Waals surface area contributed by atoms with Crippen LogP contribution in [0.3, 0.4) is 0 Å². The lowest BCUT2D eigenvalue weighted by Crippen LogP contribution is -2.17. The Hall–Kier alpha value is -3.83. The Morgan fingerprint density at radius 2 is 1.90 bits per heavy atom. The number of thiazole rings is 1. The number of aryl methyl sites for hydroxylation is 1. The molecule has 31 heavy (non-hydrogen) atoms. The Morgan fingerprint density at radius 1 is 1.13 bits per heavy atom. The van der Waals surface area contributed by atoms with E-state index in [2.05, 4.69) is 21.7 Å². The van der Waals surface area contributed by atoms with Crippen LogP contribution in [0.2, 0.25) is 0 Å². The van der Waals surface area contributed by atoms with Gasteiger partial charge in [0.25, 0.3) is 11.8 Å². The number of carbonyl (C=O) groups is 3. The predicted octanol–water partition coefficient (Wildman–Crippen LogP) is 4.57. The Morgan fingerprint density at radius 3 is 2.58 bits per heavy atom. The second kappa shape index (κ2) is 8.90. The predicted molar refractivity (Wildman–Crippen MR) is 120 cm³/mol. The van der Waals surface area contributed by atoms with Gasteiger partial charge in [0, 0.05) is 16.8 Å². The maximum Gasteiger partial charge on any atom is 0.256 e. The topological polar surface area (TPSA) is 112 Å². The van der Waals surface area contributed by atoms with Crippen molar-refractivity contribution in [2.75, 3.05) is 10.6 Å². The van der Waals surface area contributed by atoms with Crippen LogP contribution in [-0.4, -0.2) is 23.1 Å². The lowest BCUT2D eigenvalue weighted by molar-refractivity contribution is 0.101. The summed E-state index contributed by atoms with van der Waals surface area (Å²) in [7, 11) is 0. The van der Waals surface area contributed by atoms with Crippen LogP contribution in [0, 0.1) is 18.3 Å². The molecule has 156 valence electrons. The molecular formula is C23H20N4O3S. The summed E-state index contributed by atoms with van der Waals surface area (Å²) >= 11 is 1.08. The molecule has 0 saturated carbocycles. The van der Waals surface area contributed by atoms with E-state index in [4.69, 9.17) is 0 Å². The maximum atomic E-state index is 12.7. The van der Waals surface area contributed by atoms with Gasteiger partial charge >= 0.3 is 0 Å². The fourth-order valence-electron chi connectivity index (χ4n) is 2.84. The highest BCUT2D eigenvalue weighted by molar-refractivity contribution is 7.17. The summed E-state index contributed by atoms with van der Waals surface area (Å²) in [6, 6.07) is 14.2. The van der Waals surface area contributed by atoms with Crippen LogP contribution in [0.25, 0.3) is 0 Å². The molecule has 1 heterocycles. The first kappa shape index (κ1) is 21.9. The molecule has 2 aromatic carbocycles. The number of anilines is 2. The second-order valence-corrected chi connectivity index (χ2v) is 8.50. The van der Waals surface area contributed by atoms with Crippen LogP contribution >= 0.6 is 11.3 Å². The van der Waals surface area contributed by atoms with E-state index in [0.717, 1.165) is 22.5 Å². The average Bonchev–Trinajstić information content (AvgIpc) is 3.22. The standard InChI is InChI=1S/C23H20N4O3S/c1-14-7-8-17(10-18(14)22(30)27-19-11-25-20(12-28)31-19)26-21(29)15-5-4-6-16(9-15)23(2,3)13-24/h4-12H,1-3H3,(H,26,29)(H,27,30). The van der Waals surface area contributed by atoms with Crippen LogP contribution in [-0.2, 0) is 5.41 Å². The van der Waals surface area contributed by atoms with E-state index in [1.165, 1.54) is 6.20 Å². The van der Waals surface area contributed by atoms with Gasteiger partial charge in [-0.05, 0) is 56.2 Å². The molecule has 1 aromatic heterocycles. The highest BCUT2D eigenvalue weighted by Gasteiger charge is 2.21. The van der Waals surface area contributed by atoms with Gasteiger partial charge in [-0.2, -0.15) is 5.26 Å². The molecule has 0 spiro atoms. The number of rotatable bonds is 6. The number of aldehydes is 1. The van der Waals surface area contributed by atoms with E-state index in [1.807, 2.05) is 6.07 Å². The summed E-state index contributed by atoms with van der Waals surface area (Å²) in [5.74, 6) is -0.712. The SMILES string of the molecule is Cc1ccc(NC(=O)c2cccc(C(C)(C)C#N)c2)cc1C(=O)Nc1cnc(C=O)s1. The molecule has 0 aliphatic carbocycles. The zero-order chi connectivity index (χ0) is 22.6. The van der Waals surface area contributed by atoms with Crippen LogP contribution in [0.15, 0.2) is 48.7 Å². The molecule has 2 amide bonds. The summed E-state index contributed by atoms with van der Waals surface area (Å²) in [4.78, 5) is 40.1. The minimum atomic E-state index is -0.716. The number of aromatic nitrogens is 1. The summed E-state index contributed by atoms with van der Waals surface area (Å²) in [5, 5.41) is 15.6.